The fourth-order valence-electron chi connectivity index (χ4n) is 6.39. The summed E-state index contributed by atoms with van der Waals surface area (Å²) in [6.07, 6.45) is 6.55. The van der Waals surface area contributed by atoms with Crippen LogP contribution in [-0.2, 0) is 16.1 Å². The highest BCUT2D eigenvalue weighted by molar-refractivity contribution is 5.84. The van der Waals surface area contributed by atoms with E-state index in [4.69, 9.17) is 0 Å². The lowest BCUT2D eigenvalue weighted by Gasteiger charge is -2.38. The largest absolute Gasteiger partial charge is 0.396 e. The number of aliphatic hydroxyl groups is 1. The number of amides is 2. The molecule has 5 atom stereocenters. The average Bonchev–Trinajstić information content (AvgIpc) is 3.16. The quantitative estimate of drug-likeness (QED) is 0.649. The maximum absolute atomic E-state index is 13.7. The number of aromatic nitrogens is 1. The predicted octanol–water partition coefficient (Wildman–Crippen LogP) is 3.58. The van der Waals surface area contributed by atoms with Crippen LogP contribution in [0.5, 0.6) is 0 Å². The lowest BCUT2D eigenvalue weighted by Crippen LogP contribution is -2.49. The van der Waals surface area contributed by atoms with Gasteiger partial charge in [-0.15, -0.1) is 0 Å². The Morgan fingerprint density at radius 1 is 1.14 bits per heavy atom. The number of pyridine rings is 1. The van der Waals surface area contributed by atoms with Gasteiger partial charge in [0.1, 0.15) is 0 Å². The number of aliphatic hydroxyl groups excluding tert-OH is 1. The van der Waals surface area contributed by atoms with E-state index >= 15 is 0 Å². The Bertz CT molecular complexity index is 1230. The molecule has 2 N–H and O–H groups in total. The van der Waals surface area contributed by atoms with Gasteiger partial charge in [0.2, 0.25) is 11.8 Å². The molecule has 7 heteroatoms. The highest BCUT2D eigenvalue weighted by Gasteiger charge is 2.57. The van der Waals surface area contributed by atoms with E-state index in [1.807, 2.05) is 56.3 Å². The number of rotatable bonds is 6. The highest BCUT2D eigenvalue weighted by Crippen LogP contribution is 2.49. The number of carbonyl (C=O) groups excluding carboxylic acids is 2. The summed E-state index contributed by atoms with van der Waals surface area (Å²) >= 11 is 0. The van der Waals surface area contributed by atoms with Gasteiger partial charge >= 0.3 is 0 Å². The van der Waals surface area contributed by atoms with Crippen LogP contribution in [0.1, 0.15) is 74.9 Å². The number of hydrogen-bond donors (Lipinski definition) is 2. The van der Waals surface area contributed by atoms with E-state index in [2.05, 4.69) is 11.4 Å². The van der Waals surface area contributed by atoms with Gasteiger partial charge in [-0.25, -0.2) is 0 Å². The van der Waals surface area contributed by atoms with E-state index in [0.29, 0.717) is 24.2 Å². The standard InChI is InChI=1S/C29H35N3O4/c1-3-25(34)32-24-16-31-23(15-14-21(29(31)36)20-12-8-5-9-13-20)27(32)26(22(24)17-33)28(35)30-18(2)19-10-6-4-7-11-19/h4,6-7,10-12,14-15,18,22,24,26-27,33H,3,5,8-9,13,16-17H2,1-2H3,(H,30,35)/t18-,22-,24-,26+,27+/m1/s1. The third-order valence-electron chi connectivity index (χ3n) is 8.23. The normalized spacial score (nSPS) is 25.6. The molecule has 1 aromatic carbocycles. The lowest BCUT2D eigenvalue weighted by molar-refractivity contribution is -0.136. The van der Waals surface area contributed by atoms with Crippen molar-refractivity contribution in [3.63, 3.8) is 0 Å². The van der Waals surface area contributed by atoms with Crippen LogP contribution in [0.15, 0.2) is 53.3 Å². The van der Waals surface area contributed by atoms with Crippen molar-refractivity contribution in [1.82, 2.24) is 14.8 Å². The molecule has 3 aliphatic rings. The second kappa shape index (κ2) is 10.1. The third-order valence-corrected chi connectivity index (χ3v) is 8.23. The summed E-state index contributed by atoms with van der Waals surface area (Å²) in [5, 5.41) is 13.6. The minimum atomic E-state index is -0.644. The van der Waals surface area contributed by atoms with Gasteiger partial charge in [0.25, 0.3) is 5.56 Å². The van der Waals surface area contributed by atoms with E-state index < -0.39 is 23.9 Å². The van der Waals surface area contributed by atoms with Crippen molar-refractivity contribution in [2.24, 2.45) is 11.8 Å². The van der Waals surface area contributed by atoms with Crippen LogP contribution in [0.2, 0.25) is 0 Å². The summed E-state index contributed by atoms with van der Waals surface area (Å²) in [5.74, 6) is -1.36. The molecule has 1 saturated heterocycles. The molecule has 0 saturated carbocycles. The predicted molar refractivity (Wildman–Crippen MR) is 138 cm³/mol. The van der Waals surface area contributed by atoms with Crippen molar-refractivity contribution in [2.45, 2.75) is 70.6 Å². The number of fused-ring (bicyclic) bond motifs is 4. The van der Waals surface area contributed by atoms with Crippen molar-refractivity contribution in [2.75, 3.05) is 6.61 Å². The molecule has 0 unspecified atom stereocenters. The first-order valence-electron chi connectivity index (χ1n) is 13.2. The molecule has 1 aromatic heterocycles. The molecule has 2 bridgehead atoms. The molecule has 190 valence electrons. The van der Waals surface area contributed by atoms with Crippen molar-refractivity contribution in [3.8, 4) is 0 Å². The third kappa shape index (κ3) is 4.09. The van der Waals surface area contributed by atoms with Crippen LogP contribution in [0, 0.1) is 11.8 Å². The zero-order chi connectivity index (χ0) is 25.4. The van der Waals surface area contributed by atoms with Crippen LogP contribution in [0.3, 0.4) is 0 Å². The van der Waals surface area contributed by atoms with E-state index in [0.717, 1.165) is 36.8 Å². The van der Waals surface area contributed by atoms with Gasteiger partial charge < -0.3 is 19.9 Å². The van der Waals surface area contributed by atoms with Gasteiger partial charge in [-0.1, -0.05) is 43.3 Å². The smallest absolute Gasteiger partial charge is 0.258 e. The first kappa shape index (κ1) is 24.5. The fraction of sp³-hybridized carbons (Fsp3) is 0.483. The molecule has 2 amide bonds. The second-order valence-corrected chi connectivity index (χ2v) is 10.2. The van der Waals surface area contributed by atoms with E-state index in [1.165, 1.54) is 0 Å². The fourth-order valence-corrected chi connectivity index (χ4v) is 6.39. The number of nitrogens with one attached hydrogen (secondary N) is 1. The van der Waals surface area contributed by atoms with Crippen LogP contribution >= 0.6 is 0 Å². The molecular weight excluding hydrogens is 454 g/mol. The first-order valence-corrected chi connectivity index (χ1v) is 13.2. The number of carbonyl (C=O) groups is 2. The zero-order valence-corrected chi connectivity index (χ0v) is 21.0. The maximum atomic E-state index is 13.7. The average molecular weight is 490 g/mol. The molecule has 2 aliphatic heterocycles. The van der Waals surface area contributed by atoms with Crippen molar-refractivity contribution < 1.29 is 14.7 Å². The van der Waals surface area contributed by atoms with Gasteiger partial charge in [0.15, 0.2) is 0 Å². The molecule has 2 aromatic rings. The zero-order valence-electron chi connectivity index (χ0n) is 21.0. The van der Waals surface area contributed by atoms with E-state index in [1.54, 1.807) is 9.47 Å². The Morgan fingerprint density at radius 2 is 1.92 bits per heavy atom. The Morgan fingerprint density at radius 3 is 2.58 bits per heavy atom. The summed E-state index contributed by atoms with van der Waals surface area (Å²) in [5.41, 5.74) is 3.41. The van der Waals surface area contributed by atoms with Gasteiger partial charge in [-0.3, -0.25) is 14.4 Å². The Balaban J connectivity index is 1.55. The number of benzene rings is 1. The molecule has 1 fully saturated rings. The second-order valence-electron chi connectivity index (χ2n) is 10.2. The molecule has 3 heterocycles. The molecule has 0 radical (unpaired) electrons. The molecular formula is C29H35N3O4. The van der Waals surface area contributed by atoms with Gasteiger partial charge in [-0.05, 0) is 55.9 Å². The molecule has 0 spiro atoms. The van der Waals surface area contributed by atoms with Crippen LogP contribution in [-0.4, -0.2) is 39.0 Å². The lowest BCUT2D eigenvalue weighted by atomic mass is 9.86. The minimum absolute atomic E-state index is 0.0605. The maximum Gasteiger partial charge on any atom is 0.258 e. The number of hydrogen-bond acceptors (Lipinski definition) is 4. The summed E-state index contributed by atoms with van der Waals surface area (Å²) in [6, 6.07) is 12.3. The summed E-state index contributed by atoms with van der Waals surface area (Å²) in [7, 11) is 0. The monoisotopic (exact) mass is 489 g/mol. The van der Waals surface area contributed by atoms with E-state index in [9.17, 15) is 19.5 Å². The first-order chi connectivity index (χ1) is 17.5. The molecule has 5 rings (SSSR count). The Hall–Kier alpha value is -3.19. The number of nitrogens with zero attached hydrogens (tertiary/aromatic N) is 2. The molecule has 1 aliphatic carbocycles. The van der Waals surface area contributed by atoms with Crippen molar-refractivity contribution >= 4 is 17.4 Å². The molecule has 7 nitrogen and oxygen atoms in total. The van der Waals surface area contributed by atoms with Crippen molar-refractivity contribution in [1.29, 1.82) is 0 Å². The highest BCUT2D eigenvalue weighted by atomic mass is 16.3. The van der Waals surface area contributed by atoms with Crippen LogP contribution in [0.25, 0.3) is 5.57 Å². The Labute approximate surface area is 211 Å². The Kier molecular flexibility index (Phi) is 6.84. The summed E-state index contributed by atoms with van der Waals surface area (Å²) < 4.78 is 1.76. The van der Waals surface area contributed by atoms with Gasteiger partial charge in [-0.2, -0.15) is 0 Å². The van der Waals surface area contributed by atoms with Crippen LogP contribution in [0.4, 0.5) is 0 Å². The molecule has 36 heavy (non-hydrogen) atoms. The SMILES string of the molecule is CCC(=O)N1[C@@H]2Cn3c(ccc(C4=CCCCC4)c3=O)[C@H]1[C@@H](C(=O)N[C@H](C)c1ccccc1)[C@@H]2CO. The topological polar surface area (TPSA) is 91.6 Å². The summed E-state index contributed by atoms with van der Waals surface area (Å²) in [6.45, 7) is 3.80. The van der Waals surface area contributed by atoms with Gasteiger partial charge in [0.05, 0.1) is 24.0 Å². The van der Waals surface area contributed by atoms with Crippen LogP contribution < -0.4 is 10.9 Å². The van der Waals surface area contributed by atoms with Crippen molar-refractivity contribution in [3.05, 3.63) is 75.7 Å². The minimum Gasteiger partial charge on any atom is -0.396 e. The summed E-state index contributed by atoms with van der Waals surface area (Å²) in [4.78, 5) is 42.3. The van der Waals surface area contributed by atoms with Gasteiger partial charge in [0, 0.05) is 36.7 Å². The van der Waals surface area contributed by atoms with E-state index in [-0.39, 0.29) is 30.0 Å². The number of allylic oxidation sites excluding steroid dienone is 2.